The van der Waals surface area contributed by atoms with Crippen LogP contribution >= 0.6 is 0 Å². The molecule has 0 spiro atoms. The van der Waals surface area contributed by atoms with Gasteiger partial charge < -0.3 is 15.2 Å². The van der Waals surface area contributed by atoms with Crippen LogP contribution in [0.1, 0.15) is 68.1 Å². The number of carbonyl (C=O) groups excluding carboxylic acids is 1. The van der Waals surface area contributed by atoms with Crippen LogP contribution in [0, 0.1) is 5.92 Å². The van der Waals surface area contributed by atoms with Gasteiger partial charge in [-0.3, -0.25) is 4.79 Å². The molecule has 3 aliphatic carbocycles. The molecular formula is C27H33NO3. The Labute approximate surface area is 185 Å². The van der Waals surface area contributed by atoms with Gasteiger partial charge in [0.2, 0.25) is 5.91 Å². The van der Waals surface area contributed by atoms with Crippen LogP contribution in [-0.4, -0.2) is 23.2 Å². The first-order chi connectivity index (χ1) is 15.1. The predicted octanol–water partition coefficient (Wildman–Crippen LogP) is 4.67. The second-order valence-corrected chi connectivity index (χ2v) is 9.73. The van der Waals surface area contributed by atoms with E-state index in [1.165, 1.54) is 11.1 Å². The summed E-state index contributed by atoms with van der Waals surface area (Å²) in [4.78, 5) is 12.2. The second-order valence-electron chi connectivity index (χ2n) is 9.73. The minimum absolute atomic E-state index is 0.187. The first kappa shape index (κ1) is 20.6. The smallest absolute Gasteiger partial charge is 0.223 e. The summed E-state index contributed by atoms with van der Waals surface area (Å²) in [6, 6.07) is 16.6. The van der Waals surface area contributed by atoms with E-state index in [0.29, 0.717) is 13.2 Å². The summed E-state index contributed by atoms with van der Waals surface area (Å²) in [5.74, 6) is 1.27. The van der Waals surface area contributed by atoms with E-state index in [1.54, 1.807) is 0 Å². The van der Waals surface area contributed by atoms with Crippen LogP contribution in [0.25, 0.3) is 0 Å². The van der Waals surface area contributed by atoms with Crippen molar-refractivity contribution in [3.8, 4) is 5.75 Å². The number of benzene rings is 2. The predicted molar refractivity (Wildman–Crippen MR) is 121 cm³/mol. The van der Waals surface area contributed by atoms with Crippen LogP contribution in [0.15, 0.2) is 48.5 Å². The molecule has 0 aliphatic heterocycles. The van der Waals surface area contributed by atoms with Gasteiger partial charge in [-0.15, -0.1) is 0 Å². The fraction of sp³-hybridized carbons (Fsp3) is 0.519. The molecular weight excluding hydrogens is 386 g/mol. The summed E-state index contributed by atoms with van der Waals surface area (Å²) in [7, 11) is 0. The zero-order chi connectivity index (χ0) is 21.3. The molecule has 4 heteroatoms. The van der Waals surface area contributed by atoms with Crippen LogP contribution < -0.4 is 10.1 Å². The number of amides is 1. The van der Waals surface area contributed by atoms with Crippen molar-refractivity contribution >= 4 is 5.91 Å². The molecule has 2 aromatic rings. The lowest BCUT2D eigenvalue weighted by molar-refractivity contribution is -0.123. The van der Waals surface area contributed by atoms with Gasteiger partial charge in [0.25, 0.3) is 0 Å². The average Bonchev–Trinajstić information content (AvgIpc) is 3.64. The van der Waals surface area contributed by atoms with Gasteiger partial charge in [0.05, 0.1) is 5.60 Å². The molecule has 2 fully saturated rings. The average molecular weight is 420 g/mol. The van der Waals surface area contributed by atoms with Gasteiger partial charge in [0, 0.05) is 17.9 Å². The van der Waals surface area contributed by atoms with Crippen molar-refractivity contribution in [2.75, 3.05) is 6.54 Å². The van der Waals surface area contributed by atoms with E-state index in [4.69, 9.17) is 4.74 Å². The number of nitrogens with one attached hydrogen (secondary N) is 1. The lowest BCUT2D eigenvalue weighted by atomic mass is 9.53. The highest BCUT2D eigenvalue weighted by Crippen LogP contribution is 2.55. The second kappa shape index (κ2) is 8.31. The third-order valence-electron chi connectivity index (χ3n) is 7.79. The first-order valence-corrected chi connectivity index (χ1v) is 11.9. The van der Waals surface area contributed by atoms with Gasteiger partial charge in [-0.1, -0.05) is 49.2 Å². The van der Waals surface area contributed by atoms with Crippen molar-refractivity contribution < 1.29 is 14.6 Å². The number of carbonyl (C=O) groups is 1. The molecule has 4 nitrogen and oxygen atoms in total. The summed E-state index contributed by atoms with van der Waals surface area (Å²) in [6.07, 6.45) is 8.55. The fourth-order valence-corrected chi connectivity index (χ4v) is 5.84. The molecule has 0 radical (unpaired) electrons. The quantitative estimate of drug-likeness (QED) is 0.686. The molecule has 2 saturated carbocycles. The zero-order valence-electron chi connectivity index (χ0n) is 18.2. The molecule has 31 heavy (non-hydrogen) atoms. The van der Waals surface area contributed by atoms with E-state index in [-0.39, 0.29) is 17.2 Å². The van der Waals surface area contributed by atoms with E-state index in [1.807, 2.05) is 18.2 Å². The van der Waals surface area contributed by atoms with E-state index in [9.17, 15) is 9.90 Å². The topological polar surface area (TPSA) is 58.6 Å². The van der Waals surface area contributed by atoms with Crippen molar-refractivity contribution in [2.24, 2.45) is 5.92 Å². The number of hydrogen-bond acceptors (Lipinski definition) is 3. The summed E-state index contributed by atoms with van der Waals surface area (Å²) in [5.41, 5.74) is 2.72. The number of aliphatic hydroxyl groups is 1. The van der Waals surface area contributed by atoms with Crippen molar-refractivity contribution in [1.29, 1.82) is 0 Å². The van der Waals surface area contributed by atoms with Crippen LogP contribution in [0.3, 0.4) is 0 Å². The van der Waals surface area contributed by atoms with Gasteiger partial charge in [-0.2, -0.15) is 0 Å². The Morgan fingerprint density at radius 3 is 2.68 bits per heavy atom. The third kappa shape index (κ3) is 3.98. The Morgan fingerprint density at radius 2 is 1.87 bits per heavy atom. The van der Waals surface area contributed by atoms with Crippen LogP contribution in [0.5, 0.6) is 5.75 Å². The number of fused-ring (bicyclic) bond motifs is 3. The highest BCUT2D eigenvalue weighted by atomic mass is 16.5. The summed E-state index contributed by atoms with van der Waals surface area (Å²) < 4.78 is 6.15. The number of hydrogen-bond donors (Lipinski definition) is 2. The molecule has 5 rings (SSSR count). The van der Waals surface area contributed by atoms with Crippen molar-refractivity contribution in [1.82, 2.24) is 5.32 Å². The monoisotopic (exact) mass is 419 g/mol. The van der Waals surface area contributed by atoms with Crippen molar-refractivity contribution in [2.45, 2.75) is 75.4 Å². The molecule has 3 aliphatic rings. The molecule has 0 unspecified atom stereocenters. The summed E-state index contributed by atoms with van der Waals surface area (Å²) >= 11 is 0. The lowest BCUT2D eigenvalue weighted by Gasteiger charge is -2.55. The van der Waals surface area contributed by atoms with Gasteiger partial charge in [0.1, 0.15) is 12.4 Å². The Hall–Kier alpha value is -2.33. The van der Waals surface area contributed by atoms with Crippen LogP contribution in [0.4, 0.5) is 0 Å². The minimum atomic E-state index is -0.694. The SMILES string of the molecule is O=C(NCC[C@]12CCCC[C@@]1(O)CCc1ccc(OCc3ccccc3)cc12)C1CC1. The summed E-state index contributed by atoms with van der Waals surface area (Å²) in [6.45, 7) is 1.17. The van der Waals surface area contributed by atoms with E-state index in [2.05, 4.69) is 35.6 Å². The Balaban J connectivity index is 1.40. The zero-order valence-corrected chi connectivity index (χ0v) is 18.2. The largest absolute Gasteiger partial charge is 0.489 e. The van der Waals surface area contributed by atoms with Gasteiger partial charge in [-0.25, -0.2) is 0 Å². The maximum absolute atomic E-state index is 12.2. The van der Waals surface area contributed by atoms with Crippen LogP contribution in [-0.2, 0) is 23.2 Å². The van der Waals surface area contributed by atoms with Crippen molar-refractivity contribution in [3.05, 3.63) is 65.2 Å². The molecule has 0 aromatic heterocycles. The number of ether oxygens (including phenoxy) is 1. The Kier molecular flexibility index (Phi) is 5.51. The first-order valence-electron chi connectivity index (χ1n) is 11.9. The molecule has 2 atom stereocenters. The Morgan fingerprint density at radius 1 is 1.06 bits per heavy atom. The minimum Gasteiger partial charge on any atom is -0.489 e. The number of aryl methyl sites for hydroxylation is 1. The Bertz CT molecular complexity index is 939. The van der Waals surface area contributed by atoms with E-state index >= 15 is 0 Å². The highest BCUT2D eigenvalue weighted by Gasteiger charge is 2.55. The molecule has 0 heterocycles. The normalized spacial score (nSPS) is 27.1. The molecule has 164 valence electrons. The maximum atomic E-state index is 12.2. The van der Waals surface area contributed by atoms with E-state index < -0.39 is 5.60 Å². The van der Waals surface area contributed by atoms with Crippen molar-refractivity contribution in [3.63, 3.8) is 0 Å². The maximum Gasteiger partial charge on any atom is 0.223 e. The molecule has 2 aromatic carbocycles. The van der Waals surface area contributed by atoms with Gasteiger partial charge >= 0.3 is 0 Å². The molecule has 0 saturated heterocycles. The standard InChI is InChI=1S/C27H33NO3/c29-25(22-8-9-22)28-17-16-26-13-4-5-14-27(26,30)15-12-21-10-11-23(18-24(21)26)31-19-20-6-2-1-3-7-20/h1-3,6-7,10-11,18,22,30H,4-5,8-9,12-17,19H2,(H,28,29)/t26-,27+/m0/s1. The van der Waals surface area contributed by atoms with Gasteiger partial charge in [-0.05, 0) is 73.8 Å². The molecule has 1 amide bonds. The van der Waals surface area contributed by atoms with E-state index in [0.717, 1.165) is 69.1 Å². The lowest BCUT2D eigenvalue weighted by Crippen LogP contribution is -2.57. The fourth-order valence-electron chi connectivity index (χ4n) is 5.84. The molecule has 2 N–H and O–H groups in total. The van der Waals surface area contributed by atoms with Crippen LogP contribution in [0.2, 0.25) is 0 Å². The molecule has 0 bridgehead atoms. The summed E-state index contributed by atoms with van der Waals surface area (Å²) in [5, 5.41) is 15.0. The number of rotatable bonds is 7. The third-order valence-corrected chi connectivity index (χ3v) is 7.79. The van der Waals surface area contributed by atoms with Gasteiger partial charge in [0.15, 0.2) is 0 Å². The highest BCUT2D eigenvalue weighted by molar-refractivity contribution is 5.80.